The van der Waals surface area contributed by atoms with Gasteiger partial charge in [-0.2, -0.15) is 0 Å². The number of nitrogens with zero attached hydrogens (tertiary/aromatic N) is 1. The number of esters is 1. The van der Waals surface area contributed by atoms with Crippen LogP contribution in [0.25, 0.3) is 10.9 Å². The van der Waals surface area contributed by atoms with Crippen LogP contribution in [0.1, 0.15) is 10.4 Å². The number of aromatic nitrogens is 1. The molecular weight excluding hydrogens is 261 g/mol. The van der Waals surface area contributed by atoms with Gasteiger partial charge in [-0.3, -0.25) is 0 Å². The minimum Gasteiger partial charge on any atom is -0.494 e. The highest BCUT2D eigenvalue weighted by molar-refractivity contribution is 6.33. The SMILES string of the molecule is COC(=O)c1cc2c(F)ccc(OC)c2nc1Cl. The van der Waals surface area contributed by atoms with Gasteiger partial charge in [0.25, 0.3) is 0 Å². The van der Waals surface area contributed by atoms with Crippen LogP contribution in [0.5, 0.6) is 5.75 Å². The van der Waals surface area contributed by atoms with Gasteiger partial charge in [-0.05, 0) is 18.2 Å². The van der Waals surface area contributed by atoms with Crippen LogP contribution >= 0.6 is 11.6 Å². The summed E-state index contributed by atoms with van der Waals surface area (Å²) in [6.45, 7) is 0. The molecule has 0 fully saturated rings. The van der Waals surface area contributed by atoms with E-state index in [9.17, 15) is 9.18 Å². The van der Waals surface area contributed by atoms with Crippen LogP contribution in [0.2, 0.25) is 5.15 Å². The van der Waals surface area contributed by atoms with Gasteiger partial charge in [0.15, 0.2) is 0 Å². The minimum absolute atomic E-state index is 0.0128. The Hall–Kier alpha value is -1.88. The molecule has 2 rings (SSSR count). The van der Waals surface area contributed by atoms with Gasteiger partial charge >= 0.3 is 5.97 Å². The Morgan fingerprint density at radius 2 is 2.11 bits per heavy atom. The van der Waals surface area contributed by atoms with Gasteiger partial charge in [-0.25, -0.2) is 14.2 Å². The number of benzene rings is 1. The first-order valence-electron chi connectivity index (χ1n) is 4.99. The van der Waals surface area contributed by atoms with E-state index in [0.717, 1.165) is 0 Å². The lowest BCUT2D eigenvalue weighted by molar-refractivity contribution is 0.0600. The highest BCUT2D eigenvalue weighted by Gasteiger charge is 2.17. The molecule has 6 heteroatoms. The predicted octanol–water partition coefficient (Wildman–Crippen LogP) is 2.82. The lowest BCUT2D eigenvalue weighted by atomic mass is 10.1. The molecule has 0 radical (unpaired) electrons. The Bertz CT molecular complexity index is 630. The van der Waals surface area contributed by atoms with Gasteiger partial charge < -0.3 is 9.47 Å². The van der Waals surface area contributed by atoms with Crippen LogP contribution in [0.4, 0.5) is 4.39 Å². The Labute approximate surface area is 107 Å². The fourth-order valence-corrected chi connectivity index (χ4v) is 1.81. The number of halogens is 2. The summed E-state index contributed by atoms with van der Waals surface area (Å²) in [5.41, 5.74) is 0.272. The fraction of sp³-hybridized carbons (Fsp3) is 0.167. The molecule has 1 aromatic carbocycles. The van der Waals surface area contributed by atoms with Crippen molar-refractivity contribution in [1.82, 2.24) is 4.98 Å². The number of rotatable bonds is 2. The molecule has 0 unspecified atom stereocenters. The van der Waals surface area contributed by atoms with Crippen LogP contribution in [-0.4, -0.2) is 25.2 Å². The van der Waals surface area contributed by atoms with Crippen molar-refractivity contribution in [2.75, 3.05) is 14.2 Å². The van der Waals surface area contributed by atoms with Gasteiger partial charge in [0.05, 0.1) is 19.8 Å². The zero-order valence-corrected chi connectivity index (χ0v) is 10.4. The van der Waals surface area contributed by atoms with E-state index in [-0.39, 0.29) is 21.6 Å². The van der Waals surface area contributed by atoms with Crippen molar-refractivity contribution in [3.05, 3.63) is 34.7 Å². The second-order valence-electron chi connectivity index (χ2n) is 3.46. The molecule has 1 heterocycles. The fourth-order valence-electron chi connectivity index (χ4n) is 1.60. The quantitative estimate of drug-likeness (QED) is 0.621. The molecule has 0 aliphatic carbocycles. The van der Waals surface area contributed by atoms with E-state index in [4.69, 9.17) is 16.3 Å². The zero-order chi connectivity index (χ0) is 13.3. The standard InChI is InChI=1S/C12H9ClFNO3/c1-17-9-4-3-8(14)6-5-7(12(16)18-2)11(13)15-10(6)9/h3-5H,1-2H3. The third-order valence-electron chi connectivity index (χ3n) is 2.47. The predicted molar refractivity (Wildman–Crippen MR) is 64.6 cm³/mol. The highest BCUT2D eigenvalue weighted by atomic mass is 35.5. The van der Waals surface area contributed by atoms with E-state index >= 15 is 0 Å². The van der Waals surface area contributed by atoms with Crippen molar-refractivity contribution in [3.8, 4) is 5.75 Å². The second-order valence-corrected chi connectivity index (χ2v) is 3.82. The Morgan fingerprint density at radius 1 is 1.39 bits per heavy atom. The summed E-state index contributed by atoms with van der Waals surface area (Å²) >= 11 is 5.87. The number of carbonyl (C=O) groups excluding carboxylic acids is 1. The number of fused-ring (bicyclic) bond motifs is 1. The van der Waals surface area contributed by atoms with Crippen molar-refractivity contribution in [2.24, 2.45) is 0 Å². The Balaban J connectivity index is 2.79. The average molecular weight is 270 g/mol. The second kappa shape index (κ2) is 4.78. The minimum atomic E-state index is -0.670. The van der Waals surface area contributed by atoms with Gasteiger partial charge in [0.1, 0.15) is 22.2 Å². The summed E-state index contributed by atoms with van der Waals surface area (Å²) in [6, 6.07) is 3.98. The molecule has 0 saturated heterocycles. The van der Waals surface area contributed by atoms with Crippen LogP contribution in [0.3, 0.4) is 0 Å². The number of hydrogen-bond donors (Lipinski definition) is 0. The summed E-state index contributed by atoms with van der Waals surface area (Å²) in [5.74, 6) is -0.804. The normalized spacial score (nSPS) is 10.4. The molecule has 0 amide bonds. The third-order valence-corrected chi connectivity index (χ3v) is 2.76. The first-order chi connectivity index (χ1) is 8.58. The van der Waals surface area contributed by atoms with Gasteiger partial charge in [0.2, 0.25) is 0 Å². The summed E-state index contributed by atoms with van der Waals surface area (Å²) < 4.78 is 23.3. The monoisotopic (exact) mass is 269 g/mol. The van der Waals surface area contributed by atoms with Crippen LogP contribution in [-0.2, 0) is 4.74 Å². The van der Waals surface area contributed by atoms with Crippen molar-refractivity contribution in [3.63, 3.8) is 0 Å². The van der Waals surface area contributed by atoms with E-state index in [1.165, 1.54) is 32.4 Å². The molecule has 0 aliphatic rings. The Morgan fingerprint density at radius 3 is 2.72 bits per heavy atom. The van der Waals surface area contributed by atoms with Crippen molar-refractivity contribution >= 4 is 28.5 Å². The Kier molecular flexibility index (Phi) is 3.34. The number of methoxy groups -OCH3 is 2. The number of ether oxygens (including phenoxy) is 2. The van der Waals surface area contributed by atoms with Gasteiger partial charge in [0, 0.05) is 5.39 Å². The zero-order valence-electron chi connectivity index (χ0n) is 9.66. The number of hydrogen-bond acceptors (Lipinski definition) is 4. The lowest BCUT2D eigenvalue weighted by Gasteiger charge is -2.08. The molecule has 2 aromatic rings. The highest BCUT2D eigenvalue weighted by Crippen LogP contribution is 2.29. The number of carbonyl (C=O) groups is 1. The van der Waals surface area contributed by atoms with Crippen LogP contribution < -0.4 is 4.74 Å². The summed E-state index contributed by atoms with van der Waals surface area (Å²) in [5, 5.41) is 0.0948. The maximum Gasteiger partial charge on any atom is 0.341 e. The molecule has 1 aromatic heterocycles. The van der Waals surface area contributed by atoms with Crippen LogP contribution in [0.15, 0.2) is 18.2 Å². The van der Waals surface area contributed by atoms with E-state index in [1.54, 1.807) is 0 Å². The van der Waals surface area contributed by atoms with Crippen molar-refractivity contribution < 1.29 is 18.7 Å². The first kappa shape index (κ1) is 12.6. The van der Waals surface area contributed by atoms with Gasteiger partial charge in [-0.15, -0.1) is 0 Å². The third kappa shape index (κ3) is 1.97. The maximum atomic E-state index is 13.7. The van der Waals surface area contributed by atoms with E-state index in [1.807, 2.05) is 0 Å². The molecule has 0 saturated carbocycles. The van der Waals surface area contributed by atoms with Crippen molar-refractivity contribution in [2.45, 2.75) is 0 Å². The topological polar surface area (TPSA) is 48.4 Å². The lowest BCUT2D eigenvalue weighted by Crippen LogP contribution is -2.04. The van der Waals surface area contributed by atoms with Crippen LogP contribution in [0, 0.1) is 5.82 Å². The molecule has 0 N–H and O–H groups in total. The molecule has 0 aliphatic heterocycles. The smallest absolute Gasteiger partial charge is 0.341 e. The molecule has 18 heavy (non-hydrogen) atoms. The van der Waals surface area contributed by atoms with E-state index in [0.29, 0.717) is 5.75 Å². The molecular formula is C12H9ClFNO3. The molecule has 4 nitrogen and oxygen atoms in total. The number of pyridine rings is 1. The van der Waals surface area contributed by atoms with E-state index < -0.39 is 11.8 Å². The maximum absolute atomic E-state index is 13.7. The summed E-state index contributed by atoms with van der Waals surface area (Å²) in [4.78, 5) is 15.4. The van der Waals surface area contributed by atoms with Gasteiger partial charge in [-0.1, -0.05) is 11.6 Å². The van der Waals surface area contributed by atoms with E-state index in [2.05, 4.69) is 9.72 Å². The average Bonchev–Trinajstić information content (AvgIpc) is 2.38. The first-order valence-corrected chi connectivity index (χ1v) is 5.37. The summed E-state index contributed by atoms with van der Waals surface area (Å²) in [6.07, 6.45) is 0. The van der Waals surface area contributed by atoms with Crippen molar-refractivity contribution in [1.29, 1.82) is 0 Å². The molecule has 0 spiro atoms. The molecule has 0 atom stereocenters. The molecule has 94 valence electrons. The summed E-state index contributed by atoms with van der Waals surface area (Å²) in [7, 11) is 2.65. The largest absolute Gasteiger partial charge is 0.494 e. The molecule has 0 bridgehead atoms.